The lowest BCUT2D eigenvalue weighted by atomic mass is 10.5. The monoisotopic (exact) mass is 184 g/mol. The number of hydrogen-bond donors (Lipinski definition) is 0. The van der Waals surface area contributed by atoms with Crippen molar-refractivity contribution in [2.45, 2.75) is 3.79 Å². The Labute approximate surface area is 67.5 Å². The van der Waals surface area contributed by atoms with E-state index in [0.29, 0.717) is 5.76 Å². The van der Waals surface area contributed by atoms with Crippen molar-refractivity contribution in [3.63, 3.8) is 0 Å². The van der Waals surface area contributed by atoms with E-state index in [0.717, 1.165) is 0 Å². The summed E-state index contributed by atoms with van der Waals surface area (Å²) in [5, 5.41) is 0. The molecule has 0 radical (unpaired) electrons. The van der Waals surface area contributed by atoms with Gasteiger partial charge < -0.3 is 4.42 Å². The van der Waals surface area contributed by atoms with E-state index in [9.17, 15) is 0 Å². The molecular weight excluding hydrogens is 182 g/mol. The van der Waals surface area contributed by atoms with Gasteiger partial charge in [0, 0.05) is 0 Å². The van der Waals surface area contributed by atoms with Gasteiger partial charge in [0.05, 0.1) is 6.26 Å². The third kappa shape index (κ3) is 1.78. The van der Waals surface area contributed by atoms with Crippen LogP contribution >= 0.6 is 34.8 Å². The van der Waals surface area contributed by atoms with Gasteiger partial charge in [-0.1, -0.05) is 34.8 Å². The maximum atomic E-state index is 5.44. The zero-order valence-electron chi connectivity index (χ0n) is 4.27. The highest BCUT2D eigenvalue weighted by molar-refractivity contribution is 6.66. The van der Waals surface area contributed by atoms with Crippen LogP contribution in [-0.2, 0) is 3.79 Å². The predicted octanol–water partition coefficient (Wildman–Crippen LogP) is 3.11. The molecule has 1 rings (SSSR count). The first-order valence-corrected chi connectivity index (χ1v) is 3.35. The fourth-order valence-electron chi connectivity index (χ4n) is 0.440. The Morgan fingerprint density at radius 2 is 2.00 bits per heavy atom. The number of rotatable bonds is 0. The molecular formula is C5H3Cl3O. The molecule has 9 heavy (non-hydrogen) atoms. The minimum Gasteiger partial charge on any atom is -0.465 e. The molecule has 1 aromatic heterocycles. The van der Waals surface area contributed by atoms with Gasteiger partial charge in [-0.15, -0.1) is 0 Å². The molecule has 0 aliphatic heterocycles. The molecule has 50 valence electrons. The van der Waals surface area contributed by atoms with E-state index in [2.05, 4.69) is 0 Å². The largest absolute Gasteiger partial charge is 0.465 e. The molecule has 0 fully saturated rings. The van der Waals surface area contributed by atoms with Gasteiger partial charge in [0.25, 0.3) is 0 Å². The number of furan rings is 1. The van der Waals surface area contributed by atoms with Crippen LogP contribution < -0.4 is 0 Å². The highest BCUT2D eigenvalue weighted by Gasteiger charge is 2.25. The van der Waals surface area contributed by atoms with E-state index >= 15 is 0 Å². The Morgan fingerprint density at radius 1 is 1.33 bits per heavy atom. The minimum absolute atomic E-state index is 0.340. The van der Waals surface area contributed by atoms with Gasteiger partial charge >= 0.3 is 0 Å². The van der Waals surface area contributed by atoms with E-state index in [1.54, 1.807) is 12.1 Å². The van der Waals surface area contributed by atoms with E-state index in [-0.39, 0.29) is 0 Å². The molecule has 4 heteroatoms. The second kappa shape index (κ2) is 2.41. The van der Waals surface area contributed by atoms with Gasteiger partial charge in [-0.25, -0.2) is 0 Å². The summed E-state index contributed by atoms with van der Waals surface area (Å²) >= 11 is 16.3. The molecule has 0 bridgehead atoms. The SMILES string of the molecule is ClC(Cl)(Cl)c1ccco1. The molecule has 1 aromatic rings. The summed E-state index contributed by atoms with van der Waals surface area (Å²) in [5.74, 6) is 0.340. The molecule has 0 amide bonds. The molecule has 0 saturated carbocycles. The smallest absolute Gasteiger partial charge is 0.248 e. The zero-order chi connectivity index (χ0) is 6.91. The predicted molar refractivity (Wildman–Crippen MR) is 37.9 cm³/mol. The Balaban J connectivity index is 2.90. The topological polar surface area (TPSA) is 13.1 Å². The molecule has 0 atom stereocenters. The molecule has 0 N–H and O–H groups in total. The summed E-state index contributed by atoms with van der Waals surface area (Å²) in [6.45, 7) is 0. The Bertz CT molecular complexity index is 175. The number of halogens is 3. The highest BCUT2D eigenvalue weighted by Crippen LogP contribution is 2.37. The van der Waals surface area contributed by atoms with E-state index in [4.69, 9.17) is 39.2 Å². The van der Waals surface area contributed by atoms with E-state index in [1.807, 2.05) is 0 Å². The molecule has 0 aliphatic carbocycles. The minimum atomic E-state index is -1.43. The molecule has 0 saturated heterocycles. The lowest BCUT2D eigenvalue weighted by Gasteiger charge is -2.04. The maximum absolute atomic E-state index is 5.44. The van der Waals surface area contributed by atoms with Crippen LogP contribution in [0.3, 0.4) is 0 Å². The number of hydrogen-bond acceptors (Lipinski definition) is 1. The maximum Gasteiger partial charge on any atom is 0.248 e. The van der Waals surface area contributed by atoms with Crippen LogP contribution in [0.25, 0.3) is 0 Å². The van der Waals surface area contributed by atoms with Crippen molar-refractivity contribution in [3.05, 3.63) is 24.2 Å². The lowest BCUT2D eigenvalue weighted by Crippen LogP contribution is -1.95. The van der Waals surface area contributed by atoms with Crippen molar-refractivity contribution < 1.29 is 4.42 Å². The van der Waals surface area contributed by atoms with Gasteiger partial charge in [0.15, 0.2) is 5.76 Å². The molecule has 0 aliphatic rings. The van der Waals surface area contributed by atoms with Crippen molar-refractivity contribution in [1.29, 1.82) is 0 Å². The average Bonchev–Trinajstić information content (AvgIpc) is 2.08. The van der Waals surface area contributed by atoms with Crippen molar-refractivity contribution in [2.24, 2.45) is 0 Å². The zero-order valence-corrected chi connectivity index (χ0v) is 6.54. The highest BCUT2D eigenvalue weighted by atomic mass is 35.6. The normalized spacial score (nSPS) is 11.9. The van der Waals surface area contributed by atoms with Crippen molar-refractivity contribution in [2.75, 3.05) is 0 Å². The average molecular weight is 185 g/mol. The summed E-state index contributed by atoms with van der Waals surface area (Å²) in [6, 6.07) is 3.27. The molecule has 1 heterocycles. The van der Waals surface area contributed by atoms with Gasteiger partial charge in [0.1, 0.15) is 0 Å². The van der Waals surface area contributed by atoms with Crippen LogP contribution in [0, 0.1) is 0 Å². The van der Waals surface area contributed by atoms with E-state index in [1.165, 1.54) is 6.26 Å². The summed E-state index contributed by atoms with van der Waals surface area (Å²) in [4.78, 5) is 0. The van der Waals surface area contributed by atoms with Crippen LogP contribution in [0.15, 0.2) is 22.8 Å². The molecule has 0 aromatic carbocycles. The molecule has 0 unspecified atom stereocenters. The Hall–Kier alpha value is 0.150. The van der Waals surface area contributed by atoms with Crippen LogP contribution in [-0.4, -0.2) is 0 Å². The second-order valence-corrected chi connectivity index (χ2v) is 3.76. The number of alkyl halides is 3. The third-order valence-electron chi connectivity index (χ3n) is 0.801. The van der Waals surface area contributed by atoms with Crippen LogP contribution in [0.2, 0.25) is 0 Å². The summed E-state index contributed by atoms with van der Waals surface area (Å²) < 4.78 is 3.38. The summed E-state index contributed by atoms with van der Waals surface area (Å²) in [5.41, 5.74) is 0. The quantitative estimate of drug-likeness (QED) is 0.566. The van der Waals surface area contributed by atoms with Gasteiger partial charge in [-0.3, -0.25) is 0 Å². The third-order valence-corrected chi connectivity index (χ3v) is 1.36. The van der Waals surface area contributed by atoms with Crippen LogP contribution in [0.5, 0.6) is 0 Å². The summed E-state index contributed by atoms with van der Waals surface area (Å²) in [7, 11) is 0. The fraction of sp³-hybridized carbons (Fsp3) is 0.200. The molecule has 0 spiro atoms. The second-order valence-electron chi connectivity index (χ2n) is 1.48. The Kier molecular flexibility index (Phi) is 1.94. The van der Waals surface area contributed by atoms with Crippen molar-refractivity contribution >= 4 is 34.8 Å². The van der Waals surface area contributed by atoms with E-state index < -0.39 is 3.79 Å². The first kappa shape index (κ1) is 7.26. The fourth-order valence-corrected chi connectivity index (χ4v) is 0.762. The van der Waals surface area contributed by atoms with Crippen molar-refractivity contribution in [3.8, 4) is 0 Å². The standard InChI is InChI=1S/C5H3Cl3O/c6-5(7,8)4-2-1-3-9-4/h1-3H. The first-order chi connectivity index (χ1) is 4.11. The lowest BCUT2D eigenvalue weighted by molar-refractivity contribution is 0.517. The van der Waals surface area contributed by atoms with Gasteiger partial charge in [-0.2, -0.15) is 0 Å². The van der Waals surface area contributed by atoms with Crippen LogP contribution in [0.1, 0.15) is 5.76 Å². The molecule has 1 nitrogen and oxygen atoms in total. The summed E-state index contributed by atoms with van der Waals surface area (Å²) in [6.07, 6.45) is 1.46. The van der Waals surface area contributed by atoms with Gasteiger partial charge in [0.2, 0.25) is 3.79 Å². The van der Waals surface area contributed by atoms with Gasteiger partial charge in [-0.05, 0) is 12.1 Å². The Morgan fingerprint density at radius 3 is 2.22 bits per heavy atom. The first-order valence-electron chi connectivity index (χ1n) is 2.21. The van der Waals surface area contributed by atoms with Crippen LogP contribution in [0.4, 0.5) is 0 Å². The van der Waals surface area contributed by atoms with Crippen molar-refractivity contribution in [1.82, 2.24) is 0 Å².